The highest BCUT2D eigenvalue weighted by molar-refractivity contribution is 5.66. The van der Waals surface area contributed by atoms with Crippen molar-refractivity contribution in [1.29, 1.82) is 0 Å². The lowest BCUT2D eigenvalue weighted by molar-refractivity contribution is -0.137. The van der Waals surface area contributed by atoms with Crippen LogP contribution in [-0.2, 0) is 4.79 Å². The topological polar surface area (TPSA) is 50.4 Å². The van der Waals surface area contributed by atoms with Crippen molar-refractivity contribution >= 4 is 5.97 Å². The summed E-state index contributed by atoms with van der Waals surface area (Å²) in [4.78, 5) is 9.76. The number of hydrogen-bond acceptors (Lipinski definition) is 2. The number of carboxylic acid groups (broad SMARTS) is 1. The minimum atomic E-state index is -0.693. The molecule has 0 radical (unpaired) electrons. The summed E-state index contributed by atoms with van der Waals surface area (Å²) in [5.41, 5.74) is 0. The summed E-state index contributed by atoms with van der Waals surface area (Å²) in [6.07, 6.45) is 5.33. The summed E-state index contributed by atoms with van der Waals surface area (Å²) < 4.78 is 4.58. The van der Waals surface area contributed by atoms with Gasteiger partial charge in [0, 0.05) is 6.42 Å². The Morgan fingerprint density at radius 3 is 2.17 bits per heavy atom. The van der Waals surface area contributed by atoms with Gasteiger partial charge in [0.05, 0.1) is 12.5 Å². The largest absolute Gasteiger partial charge is 0.481 e. The van der Waals surface area contributed by atoms with E-state index in [1.807, 2.05) is 19.1 Å². The molecule has 68 valence electrons. The SMILES string of the molecule is CCCCC(=O)O.c1ccoc1. The third-order valence-corrected chi connectivity index (χ3v) is 1.17. The van der Waals surface area contributed by atoms with Crippen molar-refractivity contribution < 1.29 is 14.3 Å². The molecule has 0 aliphatic heterocycles. The van der Waals surface area contributed by atoms with Crippen LogP contribution in [0.2, 0.25) is 0 Å². The van der Waals surface area contributed by atoms with Crippen LogP contribution < -0.4 is 0 Å². The Kier molecular flexibility index (Phi) is 7.03. The number of hydrogen-bond donors (Lipinski definition) is 1. The Labute approximate surface area is 72.0 Å². The molecule has 0 unspecified atom stereocenters. The molecule has 3 heteroatoms. The standard InChI is InChI=1S/C5H10O2.C4H4O/c1-2-3-4-5(6)7;1-2-4-5-3-1/h2-4H2,1H3,(H,6,7);1-4H. The highest BCUT2D eigenvalue weighted by Gasteiger charge is 1.90. The van der Waals surface area contributed by atoms with E-state index in [0.29, 0.717) is 6.42 Å². The molecule has 0 aromatic carbocycles. The molecule has 0 spiro atoms. The maximum atomic E-state index is 9.76. The second kappa shape index (κ2) is 7.85. The molecule has 1 heterocycles. The molecule has 0 amide bonds. The Hall–Kier alpha value is -1.25. The molecule has 0 saturated carbocycles. The van der Waals surface area contributed by atoms with Crippen molar-refractivity contribution in [2.24, 2.45) is 0 Å². The van der Waals surface area contributed by atoms with Gasteiger partial charge in [0.1, 0.15) is 0 Å². The zero-order valence-electron chi connectivity index (χ0n) is 7.19. The molecule has 12 heavy (non-hydrogen) atoms. The average molecular weight is 170 g/mol. The highest BCUT2D eigenvalue weighted by Crippen LogP contribution is 1.91. The van der Waals surface area contributed by atoms with Gasteiger partial charge in [-0.2, -0.15) is 0 Å². The zero-order chi connectivity index (χ0) is 9.23. The minimum Gasteiger partial charge on any atom is -0.481 e. The highest BCUT2D eigenvalue weighted by atomic mass is 16.4. The first kappa shape index (κ1) is 10.8. The first-order valence-electron chi connectivity index (χ1n) is 3.96. The maximum Gasteiger partial charge on any atom is 0.303 e. The third-order valence-electron chi connectivity index (χ3n) is 1.17. The molecule has 0 aliphatic rings. The Bertz CT molecular complexity index is 162. The number of furan rings is 1. The molecule has 1 N–H and O–H groups in total. The van der Waals surface area contributed by atoms with Gasteiger partial charge in [0.15, 0.2) is 0 Å². The van der Waals surface area contributed by atoms with E-state index < -0.39 is 5.97 Å². The predicted molar refractivity (Wildman–Crippen MR) is 45.9 cm³/mol. The van der Waals surface area contributed by atoms with Crippen LogP contribution in [0.25, 0.3) is 0 Å². The monoisotopic (exact) mass is 170 g/mol. The molecule has 3 nitrogen and oxygen atoms in total. The maximum absolute atomic E-state index is 9.76. The summed E-state index contributed by atoms with van der Waals surface area (Å²) in [6, 6.07) is 3.67. The first-order valence-corrected chi connectivity index (χ1v) is 3.96. The van der Waals surface area contributed by atoms with E-state index in [0.717, 1.165) is 12.8 Å². The Morgan fingerprint density at radius 1 is 1.42 bits per heavy atom. The number of carboxylic acids is 1. The lowest BCUT2D eigenvalue weighted by atomic mass is 10.3. The van der Waals surface area contributed by atoms with E-state index >= 15 is 0 Å². The van der Waals surface area contributed by atoms with Crippen molar-refractivity contribution in [3.05, 3.63) is 24.7 Å². The van der Waals surface area contributed by atoms with Crippen LogP contribution in [-0.4, -0.2) is 11.1 Å². The summed E-state index contributed by atoms with van der Waals surface area (Å²) in [6.45, 7) is 1.98. The molecular formula is C9H14O3. The van der Waals surface area contributed by atoms with Crippen LogP contribution in [0.4, 0.5) is 0 Å². The van der Waals surface area contributed by atoms with Crippen molar-refractivity contribution in [2.75, 3.05) is 0 Å². The van der Waals surface area contributed by atoms with Gasteiger partial charge in [-0.15, -0.1) is 0 Å². The van der Waals surface area contributed by atoms with E-state index in [1.165, 1.54) is 0 Å². The molecule has 1 rings (SSSR count). The summed E-state index contributed by atoms with van der Waals surface area (Å²) >= 11 is 0. The van der Waals surface area contributed by atoms with E-state index in [4.69, 9.17) is 5.11 Å². The minimum absolute atomic E-state index is 0.316. The normalized spacial score (nSPS) is 8.42. The molecule has 0 atom stereocenters. The third kappa shape index (κ3) is 8.75. The second-order valence-electron chi connectivity index (χ2n) is 2.29. The van der Waals surface area contributed by atoms with Crippen LogP contribution >= 0.6 is 0 Å². The fourth-order valence-electron chi connectivity index (χ4n) is 0.555. The molecule has 1 aromatic heterocycles. The van der Waals surface area contributed by atoms with E-state index in [1.54, 1.807) is 12.5 Å². The van der Waals surface area contributed by atoms with Crippen LogP contribution in [0.15, 0.2) is 29.1 Å². The van der Waals surface area contributed by atoms with Gasteiger partial charge in [0.25, 0.3) is 0 Å². The molecule has 0 bridgehead atoms. The predicted octanol–water partition coefficient (Wildman–Crippen LogP) is 2.54. The first-order chi connectivity index (χ1) is 5.77. The molecular weight excluding hydrogens is 156 g/mol. The number of aliphatic carboxylic acids is 1. The van der Waals surface area contributed by atoms with Crippen LogP contribution in [0, 0.1) is 0 Å². The Balaban J connectivity index is 0.000000211. The van der Waals surface area contributed by atoms with Gasteiger partial charge in [-0.25, -0.2) is 0 Å². The van der Waals surface area contributed by atoms with Gasteiger partial charge in [-0.05, 0) is 18.6 Å². The smallest absolute Gasteiger partial charge is 0.303 e. The van der Waals surface area contributed by atoms with Gasteiger partial charge in [0.2, 0.25) is 0 Å². The fraction of sp³-hybridized carbons (Fsp3) is 0.444. The van der Waals surface area contributed by atoms with Gasteiger partial charge in [-0.1, -0.05) is 13.3 Å². The van der Waals surface area contributed by atoms with E-state index in [2.05, 4.69) is 4.42 Å². The quantitative estimate of drug-likeness (QED) is 0.758. The van der Waals surface area contributed by atoms with Crippen LogP contribution in [0.3, 0.4) is 0 Å². The molecule has 0 fully saturated rings. The number of carbonyl (C=O) groups is 1. The number of unbranched alkanes of at least 4 members (excludes halogenated alkanes) is 1. The van der Waals surface area contributed by atoms with Crippen molar-refractivity contribution in [2.45, 2.75) is 26.2 Å². The number of rotatable bonds is 3. The summed E-state index contributed by atoms with van der Waals surface area (Å²) in [5.74, 6) is -0.693. The van der Waals surface area contributed by atoms with Crippen LogP contribution in [0.5, 0.6) is 0 Å². The molecule has 0 saturated heterocycles. The summed E-state index contributed by atoms with van der Waals surface area (Å²) in [7, 11) is 0. The Morgan fingerprint density at radius 2 is 2.00 bits per heavy atom. The van der Waals surface area contributed by atoms with Crippen molar-refractivity contribution in [1.82, 2.24) is 0 Å². The van der Waals surface area contributed by atoms with Crippen LogP contribution in [0.1, 0.15) is 26.2 Å². The lowest BCUT2D eigenvalue weighted by Gasteiger charge is -1.85. The summed E-state index contributed by atoms with van der Waals surface area (Å²) in [5, 5.41) is 8.04. The van der Waals surface area contributed by atoms with Gasteiger partial charge < -0.3 is 9.52 Å². The zero-order valence-corrected chi connectivity index (χ0v) is 7.19. The van der Waals surface area contributed by atoms with Gasteiger partial charge >= 0.3 is 5.97 Å². The molecule has 1 aromatic rings. The van der Waals surface area contributed by atoms with Crippen molar-refractivity contribution in [3.63, 3.8) is 0 Å². The fourth-order valence-corrected chi connectivity index (χ4v) is 0.555. The van der Waals surface area contributed by atoms with E-state index in [9.17, 15) is 4.79 Å². The van der Waals surface area contributed by atoms with E-state index in [-0.39, 0.29) is 0 Å². The van der Waals surface area contributed by atoms with Crippen molar-refractivity contribution in [3.8, 4) is 0 Å². The van der Waals surface area contributed by atoms with Gasteiger partial charge in [-0.3, -0.25) is 4.79 Å². The average Bonchev–Trinajstić information content (AvgIpc) is 2.57. The second-order valence-corrected chi connectivity index (χ2v) is 2.29. The molecule has 0 aliphatic carbocycles. The lowest BCUT2D eigenvalue weighted by Crippen LogP contribution is -1.91.